The molecule has 0 aromatic carbocycles. The quantitative estimate of drug-likeness (QED) is 0.250. The summed E-state index contributed by atoms with van der Waals surface area (Å²) in [5, 5.41) is 0. The maximum atomic E-state index is 4.37. The van der Waals surface area contributed by atoms with Crippen molar-refractivity contribution in [1.82, 2.24) is 19.9 Å². The third kappa shape index (κ3) is 12.5. The molecule has 0 fully saturated rings. The maximum absolute atomic E-state index is 4.37. The van der Waals surface area contributed by atoms with Gasteiger partial charge in [0.25, 0.3) is 0 Å². The molecule has 0 aliphatic heterocycles. The Hall–Kier alpha value is -1.55. The van der Waals surface area contributed by atoms with Crippen LogP contribution in [-0.2, 0) is 21.1 Å². The van der Waals surface area contributed by atoms with Gasteiger partial charge in [-0.1, -0.05) is 76.4 Å². The first-order chi connectivity index (χ1) is 12.9. The van der Waals surface area contributed by atoms with E-state index in [0.29, 0.717) is 0 Å². The van der Waals surface area contributed by atoms with Crippen LogP contribution in [0.4, 0.5) is 0 Å². The molecule has 27 heavy (non-hydrogen) atoms. The number of hydrogen-bond donors (Lipinski definition) is 0. The van der Waals surface area contributed by atoms with Gasteiger partial charge < -0.3 is 19.9 Å². The Bertz CT molecular complexity index is 538. The molecule has 0 atom stereocenters. The Labute approximate surface area is 177 Å². The Morgan fingerprint density at radius 3 is 1.33 bits per heavy atom. The summed E-state index contributed by atoms with van der Waals surface area (Å²) in [5.41, 5.74) is 1.71. The van der Waals surface area contributed by atoms with E-state index < -0.39 is 0 Å². The molecule has 2 aromatic rings. The van der Waals surface area contributed by atoms with Crippen LogP contribution in [0.15, 0.2) is 35.0 Å². The van der Waals surface area contributed by atoms with Crippen LogP contribution < -0.4 is 9.97 Å². The summed E-state index contributed by atoms with van der Waals surface area (Å²) in [5.74, 6) is 0. The summed E-state index contributed by atoms with van der Waals surface area (Å²) in [6.45, 7) is 1.79. The van der Waals surface area contributed by atoms with E-state index in [4.69, 9.17) is 0 Å². The second-order valence-electron chi connectivity index (χ2n) is 6.50. The van der Waals surface area contributed by atoms with Crippen molar-refractivity contribution in [3.05, 3.63) is 36.4 Å². The van der Waals surface area contributed by atoms with Crippen molar-refractivity contribution in [2.45, 2.75) is 64.2 Å². The molecule has 0 radical (unpaired) electrons. The van der Waals surface area contributed by atoms with Gasteiger partial charge in [0.05, 0.1) is 0 Å². The Kier molecular flexibility index (Phi) is 14.4. The molecule has 0 saturated heterocycles. The molecule has 150 valence electrons. The van der Waals surface area contributed by atoms with E-state index in [0.717, 1.165) is 24.5 Å². The molecule has 0 bridgehead atoms. The van der Waals surface area contributed by atoms with Crippen LogP contribution in [0.1, 0.15) is 75.6 Å². The standard InChI is InChI=1S/C20H30N6.Pt/c1(3-5-7-9-11-21-13-19-15-23-17-25-19)2-4-6-8-10-12-22-14-20-16-24-18-26-20;/h13-18H,1-12H2;/q-2;+2. The Morgan fingerprint density at radius 1 is 0.630 bits per heavy atom. The molecule has 0 N–H and O–H groups in total. The van der Waals surface area contributed by atoms with E-state index >= 15 is 0 Å². The van der Waals surface area contributed by atoms with Gasteiger partial charge in [-0.15, -0.1) is 0 Å². The summed E-state index contributed by atoms with van der Waals surface area (Å²) in [4.78, 5) is 24.7. The normalized spacial score (nSPS) is 11.4. The molecule has 0 spiro atoms. The second kappa shape index (κ2) is 16.6. The van der Waals surface area contributed by atoms with E-state index in [1.165, 1.54) is 64.2 Å². The van der Waals surface area contributed by atoms with Crippen LogP contribution in [-0.4, -0.2) is 35.5 Å². The Balaban J connectivity index is 0.00000364. The van der Waals surface area contributed by atoms with Crippen molar-refractivity contribution in [3.63, 3.8) is 0 Å². The number of rotatable bonds is 15. The van der Waals surface area contributed by atoms with Crippen LogP contribution in [0.3, 0.4) is 0 Å². The number of aromatic nitrogens is 4. The van der Waals surface area contributed by atoms with E-state index in [-0.39, 0.29) is 21.1 Å². The second-order valence-corrected chi connectivity index (χ2v) is 6.50. The monoisotopic (exact) mass is 549 g/mol. The van der Waals surface area contributed by atoms with Crippen LogP contribution >= 0.6 is 0 Å². The fourth-order valence-corrected chi connectivity index (χ4v) is 2.76. The minimum atomic E-state index is 0. The first kappa shape index (κ1) is 23.5. The summed E-state index contributed by atoms with van der Waals surface area (Å²) >= 11 is 0. The number of imidazole rings is 2. The fraction of sp³-hybridized carbons (Fsp3) is 0.600. The summed E-state index contributed by atoms with van der Waals surface area (Å²) in [7, 11) is 0. The third-order valence-corrected chi connectivity index (χ3v) is 4.23. The van der Waals surface area contributed by atoms with Gasteiger partial charge in [-0.05, 0) is 24.2 Å². The summed E-state index contributed by atoms with van der Waals surface area (Å²) in [6.07, 6.45) is 23.2. The van der Waals surface area contributed by atoms with E-state index in [1.54, 1.807) is 25.0 Å². The van der Waals surface area contributed by atoms with Gasteiger partial charge in [-0.2, -0.15) is 0 Å². The van der Waals surface area contributed by atoms with Gasteiger partial charge in [0.1, 0.15) is 0 Å². The average Bonchev–Trinajstić information content (AvgIpc) is 3.35. The van der Waals surface area contributed by atoms with E-state index in [1.807, 2.05) is 12.4 Å². The van der Waals surface area contributed by atoms with Crippen molar-refractivity contribution >= 4 is 12.4 Å². The maximum Gasteiger partial charge on any atom is 2.00 e. The molecule has 0 amide bonds. The first-order valence-electron chi connectivity index (χ1n) is 9.80. The van der Waals surface area contributed by atoms with Crippen molar-refractivity contribution in [2.24, 2.45) is 9.98 Å². The van der Waals surface area contributed by atoms with Gasteiger partial charge in [0, 0.05) is 25.5 Å². The number of unbranched alkanes of at least 4 members (excludes halogenated alkanes) is 9. The predicted octanol–water partition coefficient (Wildman–Crippen LogP) is 3.83. The molecule has 6 nitrogen and oxygen atoms in total. The topological polar surface area (TPSA) is 78.7 Å². The molecule has 2 rings (SSSR count). The summed E-state index contributed by atoms with van der Waals surface area (Å²) < 4.78 is 0. The molecule has 0 saturated carbocycles. The predicted molar refractivity (Wildman–Crippen MR) is 106 cm³/mol. The number of nitrogens with zero attached hydrogens (tertiary/aromatic N) is 6. The van der Waals surface area contributed by atoms with Gasteiger partial charge in [-0.3, -0.25) is 9.98 Å². The SMILES string of the molecule is C(=NCCCCCCCCCCCCN=Cc1cnc[n-]1)c1cnc[n-]1.[Pt+2]. The smallest absolute Gasteiger partial charge is 0.449 e. The van der Waals surface area contributed by atoms with Gasteiger partial charge in [-0.25, -0.2) is 0 Å². The van der Waals surface area contributed by atoms with E-state index in [9.17, 15) is 0 Å². The number of aliphatic imine (C=N–C) groups is 2. The zero-order valence-electron chi connectivity index (χ0n) is 15.9. The van der Waals surface area contributed by atoms with Crippen LogP contribution in [0.2, 0.25) is 0 Å². The minimum absolute atomic E-state index is 0. The van der Waals surface area contributed by atoms with Crippen LogP contribution in [0.25, 0.3) is 0 Å². The number of hydrogen-bond acceptors (Lipinski definition) is 4. The molecular formula is C20H30N6Pt. The molecule has 7 heteroatoms. The fourth-order valence-electron chi connectivity index (χ4n) is 2.76. The van der Waals surface area contributed by atoms with Crippen molar-refractivity contribution in [1.29, 1.82) is 0 Å². The van der Waals surface area contributed by atoms with E-state index in [2.05, 4.69) is 29.9 Å². The Morgan fingerprint density at radius 2 is 1.00 bits per heavy atom. The molecule has 0 aliphatic rings. The third-order valence-electron chi connectivity index (χ3n) is 4.23. The molecule has 2 aromatic heterocycles. The van der Waals surface area contributed by atoms with Gasteiger partial charge >= 0.3 is 21.1 Å². The van der Waals surface area contributed by atoms with Crippen molar-refractivity contribution in [3.8, 4) is 0 Å². The van der Waals surface area contributed by atoms with Crippen molar-refractivity contribution < 1.29 is 21.1 Å². The average molecular weight is 550 g/mol. The largest absolute Gasteiger partial charge is 2.00 e. The zero-order valence-corrected chi connectivity index (χ0v) is 18.2. The van der Waals surface area contributed by atoms with Crippen LogP contribution in [0, 0.1) is 0 Å². The zero-order chi connectivity index (χ0) is 18.1. The first-order valence-corrected chi connectivity index (χ1v) is 9.80. The molecular weight excluding hydrogens is 519 g/mol. The molecule has 0 unspecified atom stereocenters. The van der Waals surface area contributed by atoms with Crippen molar-refractivity contribution in [2.75, 3.05) is 13.1 Å². The van der Waals surface area contributed by atoms with Gasteiger partial charge in [0.15, 0.2) is 0 Å². The van der Waals surface area contributed by atoms with Gasteiger partial charge in [0.2, 0.25) is 0 Å². The summed E-state index contributed by atoms with van der Waals surface area (Å²) in [6, 6.07) is 0. The molecule has 0 aliphatic carbocycles. The minimum Gasteiger partial charge on any atom is -0.449 e. The van der Waals surface area contributed by atoms with Crippen LogP contribution in [0.5, 0.6) is 0 Å². The molecule has 2 heterocycles.